The molecule has 2 N–H and O–H groups in total. The molecule has 0 aromatic carbocycles. The molecule has 1 atom stereocenters. The maximum atomic E-state index is 6.05. The van der Waals surface area contributed by atoms with Gasteiger partial charge < -0.3 is 10.6 Å². The molecule has 1 aromatic heterocycles. The summed E-state index contributed by atoms with van der Waals surface area (Å²) >= 11 is 0. The number of pyridine rings is 1. The fourth-order valence-corrected chi connectivity index (χ4v) is 1.94. The highest BCUT2D eigenvalue weighted by Gasteiger charge is 2.19. The lowest BCUT2D eigenvalue weighted by Crippen LogP contribution is -2.45. The van der Waals surface area contributed by atoms with Gasteiger partial charge in [0, 0.05) is 18.3 Å². The number of anilines is 1. The van der Waals surface area contributed by atoms with Gasteiger partial charge >= 0.3 is 0 Å². The Kier molecular flexibility index (Phi) is 2.89. The van der Waals surface area contributed by atoms with Gasteiger partial charge in [-0.2, -0.15) is 0 Å². The highest BCUT2D eigenvalue weighted by Crippen LogP contribution is 2.22. The quantitative estimate of drug-likeness (QED) is 0.697. The van der Waals surface area contributed by atoms with Crippen LogP contribution in [0, 0.1) is 12.3 Å². The van der Waals surface area contributed by atoms with E-state index < -0.39 is 0 Å². The zero-order valence-corrected chi connectivity index (χ0v) is 8.69. The summed E-state index contributed by atoms with van der Waals surface area (Å²) in [6, 6.07) is 1.97. The van der Waals surface area contributed by atoms with Crippen molar-refractivity contribution < 1.29 is 0 Å². The summed E-state index contributed by atoms with van der Waals surface area (Å²) in [5.41, 5.74) is 7.90. The summed E-state index contributed by atoms with van der Waals surface area (Å²) < 4.78 is 0. The van der Waals surface area contributed by atoms with Crippen LogP contribution < -0.4 is 10.6 Å². The van der Waals surface area contributed by atoms with Gasteiger partial charge in [-0.1, -0.05) is 5.92 Å². The first-order chi connectivity index (χ1) is 7.31. The fourth-order valence-electron chi connectivity index (χ4n) is 1.94. The summed E-state index contributed by atoms with van der Waals surface area (Å²) in [5.74, 6) is 2.59. The molecule has 0 radical (unpaired) electrons. The summed E-state index contributed by atoms with van der Waals surface area (Å²) in [7, 11) is 0. The smallest absolute Gasteiger partial charge is 0.0771 e. The van der Waals surface area contributed by atoms with Gasteiger partial charge in [0.05, 0.1) is 18.1 Å². The molecular formula is C12H15N3. The molecule has 1 aliphatic heterocycles. The standard InChI is InChI=1S/C12H15N3/c1-2-10-7-11(9-14-8-10)15-6-4-3-5-12(15)13/h1,7-9,12H,3-6,13H2. The van der Waals surface area contributed by atoms with Crippen LogP contribution in [0.3, 0.4) is 0 Å². The Labute approximate surface area is 90.3 Å². The molecule has 3 nitrogen and oxygen atoms in total. The van der Waals surface area contributed by atoms with Crippen molar-refractivity contribution in [1.29, 1.82) is 0 Å². The molecule has 2 rings (SSSR count). The normalized spacial score (nSPS) is 21.1. The van der Waals surface area contributed by atoms with E-state index in [4.69, 9.17) is 12.2 Å². The number of rotatable bonds is 1. The molecule has 0 amide bonds. The average Bonchev–Trinajstić information content (AvgIpc) is 2.30. The first-order valence-corrected chi connectivity index (χ1v) is 5.25. The van der Waals surface area contributed by atoms with Crippen LogP contribution in [0.5, 0.6) is 0 Å². The first kappa shape index (κ1) is 10.0. The maximum absolute atomic E-state index is 6.05. The second-order valence-electron chi connectivity index (χ2n) is 3.83. The minimum Gasteiger partial charge on any atom is -0.355 e. The fraction of sp³-hybridized carbons (Fsp3) is 0.417. The lowest BCUT2D eigenvalue weighted by molar-refractivity contribution is 0.470. The lowest BCUT2D eigenvalue weighted by Gasteiger charge is -2.34. The molecule has 0 bridgehead atoms. The molecule has 0 spiro atoms. The number of nitrogens with two attached hydrogens (primary N) is 1. The van der Waals surface area contributed by atoms with Crippen LogP contribution in [0.4, 0.5) is 5.69 Å². The average molecular weight is 201 g/mol. The van der Waals surface area contributed by atoms with E-state index in [0.29, 0.717) is 0 Å². The second-order valence-corrected chi connectivity index (χ2v) is 3.83. The third-order valence-corrected chi connectivity index (χ3v) is 2.77. The van der Waals surface area contributed by atoms with Crippen LogP contribution >= 0.6 is 0 Å². The van der Waals surface area contributed by atoms with Crippen molar-refractivity contribution in [2.24, 2.45) is 5.73 Å². The molecule has 3 heteroatoms. The monoisotopic (exact) mass is 201 g/mol. The van der Waals surface area contributed by atoms with E-state index in [-0.39, 0.29) is 6.17 Å². The van der Waals surface area contributed by atoms with Crippen molar-refractivity contribution in [3.63, 3.8) is 0 Å². The molecule has 1 aliphatic rings. The first-order valence-electron chi connectivity index (χ1n) is 5.25. The Balaban J connectivity index is 2.24. The van der Waals surface area contributed by atoms with Crippen LogP contribution in [0.1, 0.15) is 24.8 Å². The number of hydrogen-bond acceptors (Lipinski definition) is 3. The molecule has 1 fully saturated rings. The van der Waals surface area contributed by atoms with Crippen molar-refractivity contribution in [2.75, 3.05) is 11.4 Å². The van der Waals surface area contributed by atoms with Crippen molar-refractivity contribution in [3.8, 4) is 12.3 Å². The topological polar surface area (TPSA) is 42.2 Å². The van der Waals surface area contributed by atoms with Crippen LogP contribution in [-0.4, -0.2) is 17.7 Å². The predicted molar refractivity (Wildman–Crippen MR) is 61.3 cm³/mol. The number of hydrogen-bond donors (Lipinski definition) is 1. The van der Waals surface area contributed by atoms with E-state index in [0.717, 1.165) is 24.2 Å². The zero-order valence-electron chi connectivity index (χ0n) is 8.69. The number of nitrogens with zero attached hydrogens (tertiary/aromatic N) is 2. The Morgan fingerprint density at radius 3 is 3.07 bits per heavy atom. The highest BCUT2D eigenvalue weighted by molar-refractivity contribution is 5.50. The minimum atomic E-state index is 0.105. The van der Waals surface area contributed by atoms with Crippen LogP contribution in [0.25, 0.3) is 0 Å². The van der Waals surface area contributed by atoms with Gasteiger partial charge in [0.15, 0.2) is 0 Å². The largest absolute Gasteiger partial charge is 0.355 e. The third kappa shape index (κ3) is 2.11. The number of terminal acetylenes is 1. The molecule has 0 aliphatic carbocycles. The second kappa shape index (κ2) is 4.33. The van der Waals surface area contributed by atoms with E-state index in [1.165, 1.54) is 12.8 Å². The van der Waals surface area contributed by atoms with Gasteiger partial charge in [-0.3, -0.25) is 4.98 Å². The van der Waals surface area contributed by atoms with E-state index in [2.05, 4.69) is 15.8 Å². The summed E-state index contributed by atoms with van der Waals surface area (Å²) in [4.78, 5) is 6.30. The number of piperidine rings is 1. The lowest BCUT2D eigenvalue weighted by atomic mass is 10.1. The molecule has 1 unspecified atom stereocenters. The van der Waals surface area contributed by atoms with Crippen LogP contribution in [-0.2, 0) is 0 Å². The molecule has 1 aromatic rings. The van der Waals surface area contributed by atoms with Gasteiger partial charge in [0.25, 0.3) is 0 Å². The van der Waals surface area contributed by atoms with Crippen molar-refractivity contribution in [2.45, 2.75) is 25.4 Å². The van der Waals surface area contributed by atoms with E-state index in [9.17, 15) is 0 Å². The van der Waals surface area contributed by atoms with E-state index in [1.54, 1.807) is 6.20 Å². The van der Waals surface area contributed by atoms with E-state index in [1.807, 2.05) is 12.3 Å². The van der Waals surface area contributed by atoms with Gasteiger partial charge in [0.1, 0.15) is 0 Å². The van der Waals surface area contributed by atoms with Crippen LogP contribution in [0.2, 0.25) is 0 Å². The molecule has 0 saturated carbocycles. The zero-order chi connectivity index (χ0) is 10.7. The Morgan fingerprint density at radius 1 is 1.47 bits per heavy atom. The summed E-state index contributed by atoms with van der Waals surface area (Å²) in [6.07, 6.45) is 12.4. The Bertz CT molecular complexity index is 381. The van der Waals surface area contributed by atoms with Crippen LogP contribution in [0.15, 0.2) is 18.5 Å². The Morgan fingerprint density at radius 2 is 2.33 bits per heavy atom. The molecular weight excluding hydrogens is 186 g/mol. The maximum Gasteiger partial charge on any atom is 0.0771 e. The summed E-state index contributed by atoms with van der Waals surface area (Å²) in [5, 5.41) is 0. The van der Waals surface area contributed by atoms with E-state index >= 15 is 0 Å². The van der Waals surface area contributed by atoms with Crippen molar-refractivity contribution >= 4 is 5.69 Å². The molecule has 15 heavy (non-hydrogen) atoms. The van der Waals surface area contributed by atoms with Gasteiger partial charge in [-0.25, -0.2) is 0 Å². The Hall–Kier alpha value is -1.53. The van der Waals surface area contributed by atoms with Gasteiger partial charge in [-0.05, 0) is 25.3 Å². The highest BCUT2D eigenvalue weighted by atomic mass is 15.2. The SMILES string of the molecule is C#Cc1cncc(N2CCCCC2N)c1. The molecule has 1 saturated heterocycles. The van der Waals surface area contributed by atoms with Gasteiger partial charge in [-0.15, -0.1) is 6.42 Å². The third-order valence-electron chi connectivity index (χ3n) is 2.77. The molecule has 78 valence electrons. The predicted octanol–water partition coefficient (Wildman–Crippen LogP) is 1.34. The van der Waals surface area contributed by atoms with Crippen molar-refractivity contribution in [1.82, 2.24) is 4.98 Å². The summed E-state index contributed by atoms with van der Waals surface area (Å²) in [6.45, 7) is 0.997. The minimum absolute atomic E-state index is 0.105. The molecule has 2 heterocycles. The number of aromatic nitrogens is 1. The van der Waals surface area contributed by atoms with Crippen molar-refractivity contribution in [3.05, 3.63) is 24.0 Å². The van der Waals surface area contributed by atoms with Gasteiger partial charge in [0.2, 0.25) is 0 Å².